The second kappa shape index (κ2) is 12.2. The minimum Gasteiger partial charge on any atom is -0.491 e. The molecule has 0 aliphatic carbocycles. The third-order valence-corrected chi connectivity index (χ3v) is 7.10. The van der Waals surface area contributed by atoms with Crippen LogP contribution in [0.1, 0.15) is 27.2 Å². The Hall–Kier alpha value is -1.68. The van der Waals surface area contributed by atoms with Crippen molar-refractivity contribution in [2.75, 3.05) is 65.6 Å². The lowest BCUT2D eigenvalue weighted by atomic mass is 10.3. The number of amides is 1. The molecule has 1 fully saturated rings. The summed E-state index contributed by atoms with van der Waals surface area (Å²) in [6.07, 6.45) is 0.698. The predicted octanol–water partition coefficient (Wildman–Crippen LogP) is 1.67. The number of hydrogen-bond acceptors (Lipinski definition) is 6. The van der Waals surface area contributed by atoms with Gasteiger partial charge in [-0.2, -0.15) is 4.31 Å². The molecule has 0 spiro atoms. The lowest BCUT2D eigenvalue weighted by molar-refractivity contribution is -0.132. The van der Waals surface area contributed by atoms with Crippen LogP contribution < -0.4 is 4.74 Å². The third kappa shape index (κ3) is 6.94. The molecule has 1 heterocycles. The van der Waals surface area contributed by atoms with Gasteiger partial charge in [-0.3, -0.25) is 9.69 Å². The molecule has 9 heteroatoms. The summed E-state index contributed by atoms with van der Waals surface area (Å²) in [7, 11) is -3.58. The van der Waals surface area contributed by atoms with Crippen molar-refractivity contribution < 1.29 is 22.7 Å². The number of hydrogen-bond donors (Lipinski definition) is 0. The average molecular weight is 442 g/mol. The number of sulfonamides is 1. The van der Waals surface area contributed by atoms with Crippen LogP contribution >= 0.6 is 0 Å². The minimum absolute atomic E-state index is 0.0937. The summed E-state index contributed by atoms with van der Waals surface area (Å²) in [6, 6.07) is 6.51. The highest BCUT2D eigenvalue weighted by Gasteiger charge is 2.27. The summed E-state index contributed by atoms with van der Waals surface area (Å²) in [5.74, 6) is 0.710. The van der Waals surface area contributed by atoms with Gasteiger partial charge in [0.25, 0.3) is 0 Å². The molecule has 170 valence electrons. The van der Waals surface area contributed by atoms with Gasteiger partial charge < -0.3 is 14.4 Å². The van der Waals surface area contributed by atoms with Crippen molar-refractivity contribution in [2.24, 2.45) is 0 Å². The lowest BCUT2D eigenvalue weighted by Gasteiger charge is -2.25. The number of ether oxygens (including phenoxy) is 2. The summed E-state index contributed by atoms with van der Waals surface area (Å²) >= 11 is 0. The Morgan fingerprint density at radius 3 is 2.33 bits per heavy atom. The van der Waals surface area contributed by atoms with Crippen LogP contribution in [0.4, 0.5) is 0 Å². The van der Waals surface area contributed by atoms with Gasteiger partial charge in [0.05, 0.1) is 18.0 Å². The molecule has 1 aromatic rings. The Kier molecular flexibility index (Phi) is 10.0. The molecule has 0 aromatic heterocycles. The largest absolute Gasteiger partial charge is 0.491 e. The molecule has 0 saturated carbocycles. The van der Waals surface area contributed by atoms with Gasteiger partial charge in [-0.05, 0) is 58.0 Å². The number of benzene rings is 1. The monoisotopic (exact) mass is 441 g/mol. The zero-order valence-corrected chi connectivity index (χ0v) is 19.2. The Bertz CT molecular complexity index is 750. The minimum atomic E-state index is -3.58. The van der Waals surface area contributed by atoms with E-state index in [-0.39, 0.29) is 10.8 Å². The fraction of sp³-hybridized carbons (Fsp3) is 0.667. The smallest absolute Gasteiger partial charge is 0.243 e. The van der Waals surface area contributed by atoms with E-state index in [1.165, 1.54) is 4.31 Å². The molecule has 30 heavy (non-hydrogen) atoms. The van der Waals surface area contributed by atoms with E-state index in [9.17, 15) is 13.2 Å². The summed E-state index contributed by atoms with van der Waals surface area (Å²) in [6.45, 7) is 11.2. The zero-order chi connectivity index (χ0) is 22.0. The van der Waals surface area contributed by atoms with Gasteiger partial charge in [-0.1, -0.05) is 0 Å². The molecule has 1 aliphatic heterocycles. The highest BCUT2D eigenvalue weighted by Crippen LogP contribution is 2.21. The molecule has 1 aromatic carbocycles. The van der Waals surface area contributed by atoms with Crippen LogP contribution in [0, 0.1) is 0 Å². The summed E-state index contributed by atoms with van der Waals surface area (Å²) in [5, 5.41) is 0. The number of nitrogens with zero attached hydrogens (tertiary/aromatic N) is 3. The molecule has 0 unspecified atom stereocenters. The van der Waals surface area contributed by atoms with Crippen LogP contribution in [0.15, 0.2) is 29.2 Å². The van der Waals surface area contributed by atoms with Gasteiger partial charge in [0.2, 0.25) is 15.9 Å². The molecule has 0 atom stereocenters. The topological polar surface area (TPSA) is 79.4 Å². The third-order valence-electron chi connectivity index (χ3n) is 5.18. The van der Waals surface area contributed by atoms with Crippen molar-refractivity contribution in [2.45, 2.75) is 32.1 Å². The maximum absolute atomic E-state index is 13.1. The van der Waals surface area contributed by atoms with E-state index in [2.05, 4.69) is 0 Å². The summed E-state index contributed by atoms with van der Waals surface area (Å²) < 4.78 is 38.4. The first-order valence-electron chi connectivity index (χ1n) is 10.7. The van der Waals surface area contributed by atoms with Gasteiger partial charge >= 0.3 is 0 Å². The maximum atomic E-state index is 13.1. The van der Waals surface area contributed by atoms with E-state index in [1.807, 2.05) is 25.7 Å². The molecule has 2 rings (SSSR count). The van der Waals surface area contributed by atoms with Gasteiger partial charge in [-0.25, -0.2) is 8.42 Å². The molecule has 8 nitrogen and oxygen atoms in total. The molecule has 1 aliphatic rings. The van der Waals surface area contributed by atoms with Crippen LogP contribution in [0.5, 0.6) is 5.75 Å². The normalized spacial score (nSPS) is 16.2. The first-order valence-corrected chi connectivity index (χ1v) is 12.2. The van der Waals surface area contributed by atoms with Crippen molar-refractivity contribution >= 4 is 15.9 Å². The SMILES string of the molecule is CCOCCOc1ccc(S(=O)(=O)N2CCCN(CC(=O)N(CC)CC)CC2)cc1. The quantitative estimate of drug-likeness (QED) is 0.486. The van der Waals surface area contributed by atoms with Crippen LogP contribution in [-0.4, -0.2) is 94.1 Å². The molecular formula is C21H35N3O5S. The Balaban J connectivity index is 1.94. The standard InChI is InChI=1S/C21H35N3O5S/c1-4-23(5-2)21(25)18-22-12-7-13-24(15-14-22)30(26,27)20-10-8-19(9-11-20)29-17-16-28-6-3/h8-11H,4-7,12-18H2,1-3H3. The molecule has 0 N–H and O–H groups in total. The van der Waals surface area contributed by atoms with Gasteiger partial charge in [0, 0.05) is 39.3 Å². The predicted molar refractivity (Wildman–Crippen MR) is 116 cm³/mol. The maximum Gasteiger partial charge on any atom is 0.243 e. The fourth-order valence-corrected chi connectivity index (χ4v) is 4.90. The van der Waals surface area contributed by atoms with Gasteiger partial charge in [-0.15, -0.1) is 0 Å². The van der Waals surface area contributed by atoms with Crippen molar-refractivity contribution in [3.8, 4) is 5.75 Å². The second-order valence-electron chi connectivity index (χ2n) is 7.12. The first kappa shape index (κ1) is 24.6. The van der Waals surface area contributed by atoms with Crippen LogP contribution in [0.25, 0.3) is 0 Å². The molecule has 1 amide bonds. The molecule has 0 radical (unpaired) electrons. The van der Waals surface area contributed by atoms with Crippen molar-refractivity contribution in [3.05, 3.63) is 24.3 Å². The van der Waals surface area contributed by atoms with Gasteiger partial charge in [0.15, 0.2) is 0 Å². The van der Waals surface area contributed by atoms with Crippen LogP contribution in [0.2, 0.25) is 0 Å². The molecular weight excluding hydrogens is 406 g/mol. The molecule has 1 saturated heterocycles. The van der Waals surface area contributed by atoms with E-state index in [1.54, 1.807) is 29.2 Å². The Morgan fingerprint density at radius 1 is 1.00 bits per heavy atom. The fourth-order valence-electron chi connectivity index (χ4n) is 3.43. The summed E-state index contributed by atoms with van der Waals surface area (Å²) in [5.41, 5.74) is 0. The number of carbonyl (C=O) groups excluding carboxylic acids is 1. The van der Waals surface area contributed by atoms with E-state index >= 15 is 0 Å². The zero-order valence-electron chi connectivity index (χ0n) is 18.4. The summed E-state index contributed by atoms with van der Waals surface area (Å²) in [4.78, 5) is 16.5. The van der Waals surface area contributed by atoms with Crippen molar-refractivity contribution in [1.82, 2.24) is 14.1 Å². The van der Waals surface area contributed by atoms with Crippen LogP contribution in [0.3, 0.4) is 0 Å². The van der Waals surface area contributed by atoms with E-state index in [0.717, 1.165) is 0 Å². The van der Waals surface area contributed by atoms with E-state index < -0.39 is 10.0 Å². The van der Waals surface area contributed by atoms with E-state index in [4.69, 9.17) is 9.47 Å². The average Bonchev–Trinajstić information content (AvgIpc) is 2.98. The van der Waals surface area contributed by atoms with Gasteiger partial charge in [0.1, 0.15) is 12.4 Å². The Morgan fingerprint density at radius 2 is 1.70 bits per heavy atom. The molecule has 0 bridgehead atoms. The number of carbonyl (C=O) groups is 1. The Labute approximate surface area is 180 Å². The highest BCUT2D eigenvalue weighted by molar-refractivity contribution is 7.89. The number of rotatable bonds is 11. The second-order valence-corrected chi connectivity index (χ2v) is 9.05. The van der Waals surface area contributed by atoms with E-state index in [0.29, 0.717) is 77.8 Å². The first-order chi connectivity index (χ1) is 14.4. The highest BCUT2D eigenvalue weighted by atomic mass is 32.2. The number of likely N-dealkylation sites (N-methyl/N-ethyl adjacent to an activating group) is 1. The lowest BCUT2D eigenvalue weighted by Crippen LogP contribution is -2.42. The van der Waals surface area contributed by atoms with Crippen LogP contribution in [-0.2, 0) is 19.6 Å². The van der Waals surface area contributed by atoms with Crippen molar-refractivity contribution in [3.63, 3.8) is 0 Å². The van der Waals surface area contributed by atoms with Crippen molar-refractivity contribution in [1.29, 1.82) is 0 Å².